The van der Waals surface area contributed by atoms with Gasteiger partial charge in [0, 0.05) is 45.2 Å². The summed E-state index contributed by atoms with van der Waals surface area (Å²) in [6.45, 7) is 5.73. The molecule has 0 aromatic carbocycles. The summed E-state index contributed by atoms with van der Waals surface area (Å²) in [5.74, 6) is 0. The lowest BCUT2D eigenvalue weighted by atomic mass is 10.4. The largest absolute Gasteiger partial charge is 0.383 e. The lowest BCUT2D eigenvalue weighted by molar-refractivity contribution is 0.149. The van der Waals surface area contributed by atoms with Gasteiger partial charge in [-0.25, -0.2) is 8.42 Å². The Morgan fingerprint density at radius 3 is 2.67 bits per heavy atom. The number of aryl methyl sites for hydroxylation is 1. The fraction of sp³-hybridized carbons (Fsp3) is 0.714. The molecular weight excluding hydrogens is 290 g/mol. The average Bonchev–Trinajstić information content (AvgIpc) is 2.83. The predicted molar refractivity (Wildman–Crippen MR) is 83.8 cm³/mol. The second kappa shape index (κ2) is 7.93. The lowest BCUT2D eigenvalue weighted by Gasteiger charge is -2.23. The first-order valence-corrected chi connectivity index (χ1v) is 8.63. The van der Waals surface area contributed by atoms with Crippen molar-refractivity contribution >= 4 is 10.0 Å². The van der Waals surface area contributed by atoms with Crippen LogP contribution in [0.15, 0.2) is 17.2 Å². The summed E-state index contributed by atoms with van der Waals surface area (Å²) in [7, 11) is 1.52. The molecule has 0 saturated heterocycles. The van der Waals surface area contributed by atoms with Crippen LogP contribution < -0.4 is 5.32 Å². The highest BCUT2D eigenvalue weighted by molar-refractivity contribution is 7.89. The van der Waals surface area contributed by atoms with Crippen molar-refractivity contribution in [1.82, 2.24) is 14.2 Å². The zero-order chi connectivity index (χ0) is 16.0. The Hall–Kier alpha value is -0.890. The Labute approximate surface area is 128 Å². The topological polar surface area (TPSA) is 63.6 Å². The van der Waals surface area contributed by atoms with E-state index in [9.17, 15) is 8.42 Å². The van der Waals surface area contributed by atoms with Gasteiger partial charge in [0.25, 0.3) is 0 Å². The molecule has 1 aromatic heterocycles. The molecule has 0 fully saturated rings. The first kappa shape index (κ1) is 18.2. The highest BCUT2D eigenvalue weighted by atomic mass is 32.2. The van der Waals surface area contributed by atoms with Crippen LogP contribution in [-0.2, 0) is 27.8 Å². The van der Waals surface area contributed by atoms with E-state index in [1.807, 2.05) is 18.5 Å². The molecule has 0 bridgehead atoms. The third-order valence-corrected chi connectivity index (χ3v) is 5.43. The molecule has 0 aliphatic carbocycles. The molecule has 0 radical (unpaired) electrons. The molecule has 0 saturated carbocycles. The Bertz CT molecular complexity index is 516. The van der Waals surface area contributed by atoms with Gasteiger partial charge in [0.15, 0.2) is 0 Å². The van der Waals surface area contributed by atoms with Gasteiger partial charge in [-0.1, -0.05) is 6.92 Å². The number of aromatic nitrogens is 1. The quantitative estimate of drug-likeness (QED) is 0.745. The maximum atomic E-state index is 12.7. The number of nitrogens with one attached hydrogen (secondary N) is 1. The number of methoxy groups -OCH3 is 1. The van der Waals surface area contributed by atoms with E-state index >= 15 is 0 Å². The Morgan fingerprint density at radius 2 is 2.14 bits per heavy atom. The van der Waals surface area contributed by atoms with E-state index in [0.717, 1.165) is 18.7 Å². The Kier molecular flexibility index (Phi) is 6.86. The number of hydrogen-bond acceptors (Lipinski definition) is 4. The van der Waals surface area contributed by atoms with E-state index in [-0.39, 0.29) is 6.04 Å². The first-order chi connectivity index (χ1) is 9.88. The zero-order valence-electron chi connectivity index (χ0n) is 13.6. The van der Waals surface area contributed by atoms with Crippen molar-refractivity contribution in [2.45, 2.75) is 44.3 Å². The maximum Gasteiger partial charge on any atom is 0.244 e. The molecule has 7 heteroatoms. The van der Waals surface area contributed by atoms with Crippen molar-refractivity contribution in [3.63, 3.8) is 0 Å². The molecule has 1 N–H and O–H groups in total. The molecule has 0 aliphatic rings. The minimum Gasteiger partial charge on any atom is -0.383 e. The number of ether oxygens (including phenoxy) is 1. The van der Waals surface area contributed by atoms with Gasteiger partial charge in [0.2, 0.25) is 10.0 Å². The maximum absolute atomic E-state index is 12.7. The number of hydrogen-bond donors (Lipinski definition) is 1. The van der Waals surface area contributed by atoms with Crippen LogP contribution in [0.2, 0.25) is 0 Å². The first-order valence-electron chi connectivity index (χ1n) is 7.19. The van der Waals surface area contributed by atoms with Crippen molar-refractivity contribution in [2.24, 2.45) is 0 Å². The predicted octanol–water partition coefficient (Wildman–Crippen LogP) is 1.27. The van der Waals surface area contributed by atoms with Crippen molar-refractivity contribution in [3.8, 4) is 0 Å². The Balaban J connectivity index is 3.10. The van der Waals surface area contributed by atoms with Crippen LogP contribution in [0.1, 0.15) is 26.0 Å². The van der Waals surface area contributed by atoms with Crippen LogP contribution >= 0.6 is 0 Å². The van der Waals surface area contributed by atoms with E-state index in [1.165, 1.54) is 4.31 Å². The van der Waals surface area contributed by atoms with Crippen molar-refractivity contribution in [1.29, 1.82) is 0 Å². The minimum absolute atomic E-state index is 0.206. The van der Waals surface area contributed by atoms with Gasteiger partial charge in [-0.15, -0.1) is 0 Å². The fourth-order valence-corrected chi connectivity index (χ4v) is 3.61. The van der Waals surface area contributed by atoms with Crippen LogP contribution in [-0.4, -0.2) is 51.1 Å². The summed E-state index contributed by atoms with van der Waals surface area (Å²) >= 11 is 0. The molecule has 1 atom stereocenters. The third-order valence-electron chi connectivity index (χ3n) is 3.49. The molecule has 1 unspecified atom stereocenters. The van der Waals surface area contributed by atoms with E-state index in [2.05, 4.69) is 12.2 Å². The smallest absolute Gasteiger partial charge is 0.244 e. The number of likely N-dealkylation sites (N-methyl/N-ethyl adjacent to an activating group) is 1. The molecule has 0 amide bonds. The average molecular weight is 317 g/mol. The summed E-state index contributed by atoms with van der Waals surface area (Å²) in [4.78, 5) is 0.339. The molecule has 1 heterocycles. The van der Waals surface area contributed by atoms with Crippen molar-refractivity contribution in [2.75, 3.05) is 27.8 Å². The fourth-order valence-electron chi connectivity index (χ4n) is 2.19. The minimum atomic E-state index is -3.49. The van der Waals surface area contributed by atoms with Gasteiger partial charge in [-0.05, 0) is 26.5 Å². The van der Waals surface area contributed by atoms with Crippen molar-refractivity contribution < 1.29 is 13.2 Å². The van der Waals surface area contributed by atoms with Crippen LogP contribution in [0, 0.1) is 0 Å². The number of sulfonamides is 1. The van der Waals surface area contributed by atoms with E-state index in [4.69, 9.17) is 4.74 Å². The number of nitrogens with zero attached hydrogens (tertiary/aromatic N) is 2. The van der Waals surface area contributed by atoms with Crippen LogP contribution in [0.25, 0.3) is 0 Å². The SMILES string of the molecule is CCCn1cc(S(=O)(=O)N(C)C(C)COC)cc1CNC. The monoisotopic (exact) mass is 317 g/mol. The van der Waals surface area contributed by atoms with E-state index in [1.54, 1.807) is 26.4 Å². The summed E-state index contributed by atoms with van der Waals surface area (Å²) in [5.41, 5.74) is 0.978. The third kappa shape index (κ3) is 4.29. The molecule has 6 nitrogen and oxygen atoms in total. The summed E-state index contributed by atoms with van der Waals surface area (Å²) < 4.78 is 33.7. The second-order valence-corrected chi connectivity index (χ2v) is 7.21. The van der Waals surface area contributed by atoms with Gasteiger partial charge >= 0.3 is 0 Å². The zero-order valence-corrected chi connectivity index (χ0v) is 14.4. The molecule has 1 rings (SSSR count). The van der Waals surface area contributed by atoms with Gasteiger partial charge < -0.3 is 14.6 Å². The molecule has 122 valence electrons. The standard InChI is InChI=1S/C14H27N3O3S/c1-6-7-17-10-14(8-13(17)9-15-3)21(18,19)16(4)12(2)11-20-5/h8,10,12,15H,6-7,9,11H2,1-5H3. The molecular formula is C14H27N3O3S. The summed E-state index contributed by atoms with van der Waals surface area (Å²) in [6.07, 6.45) is 2.68. The summed E-state index contributed by atoms with van der Waals surface area (Å²) in [5, 5.41) is 3.07. The van der Waals surface area contributed by atoms with Gasteiger partial charge in [-0.3, -0.25) is 0 Å². The van der Waals surface area contributed by atoms with Crippen LogP contribution in [0.4, 0.5) is 0 Å². The number of rotatable bonds is 9. The van der Waals surface area contributed by atoms with Crippen LogP contribution in [0.3, 0.4) is 0 Å². The molecule has 1 aromatic rings. The second-order valence-electron chi connectivity index (χ2n) is 5.22. The normalized spacial score (nSPS) is 13.8. The summed E-state index contributed by atoms with van der Waals surface area (Å²) in [6, 6.07) is 1.54. The highest BCUT2D eigenvalue weighted by Crippen LogP contribution is 2.20. The highest BCUT2D eigenvalue weighted by Gasteiger charge is 2.27. The van der Waals surface area contributed by atoms with Gasteiger partial charge in [0.05, 0.1) is 6.61 Å². The Morgan fingerprint density at radius 1 is 1.48 bits per heavy atom. The molecule has 0 aliphatic heterocycles. The molecule has 21 heavy (non-hydrogen) atoms. The van der Waals surface area contributed by atoms with Crippen molar-refractivity contribution in [3.05, 3.63) is 18.0 Å². The molecule has 0 spiro atoms. The lowest BCUT2D eigenvalue weighted by Crippen LogP contribution is -2.37. The van der Waals surface area contributed by atoms with E-state index < -0.39 is 10.0 Å². The van der Waals surface area contributed by atoms with Gasteiger partial charge in [0.1, 0.15) is 4.90 Å². The van der Waals surface area contributed by atoms with E-state index in [0.29, 0.717) is 18.0 Å². The van der Waals surface area contributed by atoms with Gasteiger partial charge in [-0.2, -0.15) is 4.31 Å². The van der Waals surface area contributed by atoms with Crippen LogP contribution in [0.5, 0.6) is 0 Å².